The molecule has 0 bridgehead atoms. The van der Waals surface area contributed by atoms with Crippen LogP contribution in [-0.2, 0) is 16.4 Å². The van der Waals surface area contributed by atoms with Crippen molar-refractivity contribution in [3.8, 4) is 5.75 Å². The van der Waals surface area contributed by atoms with Gasteiger partial charge in [-0.25, -0.2) is 8.42 Å². The predicted octanol–water partition coefficient (Wildman–Crippen LogP) is 2.63. The summed E-state index contributed by atoms with van der Waals surface area (Å²) < 4.78 is 29.0. The van der Waals surface area contributed by atoms with Crippen molar-refractivity contribution in [3.05, 3.63) is 52.2 Å². The third-order valence-corrected chi connectivity index (χ3v) is 6.73. The second-order valence-electron chi connectivity index (χ2n) is 6.25. The van der Waals surface area contributed by atoms with Gasteiger partial charge < -0.3 is 10.1 Å². The third-order valence-electron chi connectivity index (χ3n) is 3.98. The Kier molecular flexibility index (Phi) is 4.64. The fourth-order valence-electron chi connectivity index (χ4n) is 2.73. The maximum Gasteiger partial charge on any atom is 0.251 e. The Labute approximate surface area is 145 Å². The van der Waals surface area contributed by atoms with E-state index in [0.29, 0.717) is 24.3 Å². The standard InChI is InChI=1S/C17H19NO4S2/c1-17(7-9-24(20,21)12-17)18-16(19)13-4-2-5-14(10-13)22-11-15-6-3-8-23-15/h2-6,8,10H,7,9,11-12H2,1H3,(H,18,19). The molecule has 1 aliphatic heterocycles. The number of hydrogen-bond donors (Lipinski definition) is 1. The van der Waals surface area contributed by atoms with Crippen LogP contribution in [0.4, 0.5) is 0 Å². The van der Waals surface area contributed by atoms with Gasteiger partial charge in [-0.3, -0.25) is 4.79 Å². The summed E-state index contributed by atoms with van der Waals surface area (Å²) in [4.78, 5) is 13.5. The lowest BCUT2D eigenvalue weighted by Crippen LogP contribution is -2.46. The van der Waals surface area contributed by atoms with Gasteiger partial charge in [-0.15, -0.1) is 11.3 Å². The molecule has 7 heteroatoms. The number of thiophene rings is 1. The SMILES string of the molecule is CC1(NC(=O)c2cccc(OCc3cccs3)c2)CCS(=O)(=O)C1. The fourth-order valence-corrected chi connectivity index (χ4v) is 5.44. The zero-order valence-electron chi connectivity index (χ0n) is 13.3. The van der Waals surface area contributed by atoms with E-state index < -0.39 is 15.4 Å². The third kappa shape index (κ3) is 4.15. The molecule has 128 valence electrons. The van der Waals surface area contributed by atoms with Crippen LogP contribution in [0.5, 0.6) is 5.75 Å². The molecule has 2 aromatic rings. The van der Waals surface area contributed by atoms with Crippen LogP contribution in [0.3, 0.4) is 0 Å². The van der Waals surface area contributed by atoms with Crippen molar-refractivity contribution in [1.82, 2.24) is 5.32 Å². The molecule has 0 saturated carbocycles. The van der Waals surface area contributed by atoms with E-state index in [2.05, 4.69) is 5.32 Å². The normalized spacial score (nSPS) is 22.2. The highest BCUT2D eigenvalue weighted by Crippen LogP contribution is 2.24. The number of amides is 1. The van der Waals surface area contributed by atoms with Gasteiger partial charge in [-0.1, -0.05) is 12.1 Å². The van der Waals surface area contributed by atoms with Gasteiger partial charge in [-0.05, 0) is 43.0 Å². The van der Waals surface area contributed by atoms with E-state index in [1.54, 1.807) is 42.5 Å². The molecule has 24 heavy (non-hydrogen) atoms. The minimum absolute atomic E-state index is 0.0136. The summed E-state index contributed by atoms with van der Waals surface area (Å²) in [5.74, 6) is 0.435. The van der Waals surface area contributed by atoms with Gasteiger partial charge in [0, 0.05) is 10.4 Å². The molecule has 1 saturated heterocycles. The minimum atomic E-state index is -3.06. The van der Waals surface area contributed by atoms with Crippen LogP contribution in [0, 0.1) is 0 Å². The Morgan fingerprint density at radius 3 is 2.83 bits per heavy atom. The van der Waals surface area contributed by atoms with E-state index in [4.69, 9.17) is 4.74 Å². The molecule has 1 fully saturated rings. The van der Waals surface area contributed by atoms with Crippen LogP contribution in [0.15, 0.2) is 41.8 Å². The predicted molar refractivity (Wildman–Crippen MR) is 94.2 cm³/mol. The number of sulfone groups is 1. The summed E-state index contributed by atoms with van der Waals surface area (Å²) in [6.45, 7) is 2.23. The van der Waals surface area contributed by atoms with E-state index in [1.807, 2.05) is 17.5 Å². The van der Waals surface area contributed by atoms with E-state index >= 15 is 0 Å². The first-order valence-corrected chi connectivity index (χ1v) is 10.3. The molecular weight excluding hydrogens is 346 g/mol. The maximum atomic E-state index is 12.4. The molecule has 1 aromatic heterocycles. The molecule has 3 rings (SSSR count). The average molecular weight is 365 g/mol. The van der Waals surface area contributed by atoms with Gasteiger partial charge in [0.1, 0.15) is 12.4 Å². The van der Waals surface area contributed by atoms with Crippen molar-refractivity contribution in [3.63, 3.8) is 0 Å². The second-order valence-corrected chi connectivity index (χ2v) is 9.47. The molecule has 2 heterocycles. The first kappa shape index (κ1) is 17.0. The minimum Gasteiger partial charge on any atom is -0.488 e. The molecule has 0 aliphatic carbocycles. The van der Waals surface area contributed by atoms with Gasteiger partial charge in [0.15, 0.2) is 9.84 Å². The number of benzene rings is 1. The van der Waals surface area contributed by atoms with Gasteiger partial charge in [0.2, 0.25) is 0 Å². The highest BCUT2D eigenvalue weighted by atomic mass is 32.2. The number of nitrogens with one attached hydrogen (secondary N) is 1. The first-order chi connectivity index (χ1) is 11.4. The molecule has 1 unspecified atom stereocenters. The van der Waals surface area contributed by atoms with Crippen LogP contribution in [-0.4, -0.2) is 31.4 Å². The van der Waals surface area contributed by atoms with Gasteiger partial charge in [0.25, 0.3) is 5.91 Å². The Morgan fingerprint density at radius 1 is 1.33 bits per heavy atom. The van der Waals surface area contributed by atoms with Crippen molar-refractivity contribution in [1.29, 1.82) is 0 Å². The van der Waals surface area contributed by atoms with Crippen LogP contribution in [0.1, 0.15) is 28.6 Å². The molecule has 5 nitrogen and oxygen atoms in total. The molecule has 1 N–H and O–H groups in total. The Balaban J connectivity index is 1.66. The second kappa shape index (κ2) is 6.57. The summed E-state index contributed by atoms with van der Waals surface area (Å²) in [6, 6.07) is 10.9. The lowest BCUT2D eigenvalue weighted by molar-refractivity contribution is 0.0915. The van der Waals surface area contributed by atoms with Crippen molar-refractivity contribution < 1.29 is 17.9 Å². The Morgan fingerprint density at radius 2 is 2.17 bits per heavy atom. The molecule has 1 amide bonds. The van der Waals surface area contributed by atoms with Crippen LogP contribution < -0.4 is 10.1 Å². The fraction of sp³-hybridized carbons (Fsp3) is 0.353. The van der Waals surface area contributed by atoms with E-state index in [9.17, 15) is 13.2 Å². The number of hydrogen-bond acceptors (Lipinski definition) is 5. The van der Waals surface area contributed by atoms with Crippen LogP contribution in [0.25, 0.3) is 0 Å². The summed E-state index contributed by atoms with van der Waals surface area (Å²) in [7, 11) is -3.06. The van der Waals surface area contributed by atoms with Gasteiger partial charge in [-0.2, -0.15) is 0 Å². The molecule has 0 spiro atoms. The molecular formula is C17H19NO4S2. The average Bonchev–Trinajstić information content (AvgIpc) is 3.13. The quantitative estimate of drug-likeness (QED) is 0.884. The largest absolute Gasteiger partial charge is 0.488 e. The summed E-state index contributed by atoms with van der Waals surface area (Å²) >= 11 is 1.61. The first-order valence-electron chi connectivity index (χ1n) is 7.63. The highest BCUT2D eigenvalue weighted by molar-refractivity contribution is 7.91. The van der Waals surface area contributed by atoms with E-state index in [1.165, 1.54) is 0 Å². The molecule has 1 aliphatic rings. The molecule has 1 atom stereocenters. The van der Waals surface area contributed by atoms with Crippen molar-refractivity contribution >= 4 is 27.1 Å². The van der Waals surface area contributed by atoms with Gasteiger partial charge >= 0.3 is 0 Å². The monoisotopic (exact) mass is 365 g/mol. The lowest BCUT2D eigenvalue weighted by Gasteiger charge is -2.24. The van der Waals surface area contributed by atoms with Crippen molar-refractivity contribution in [2.75, 3.05) is 11.5 Å². The number of rotatable bonds is 5. The van der Waals surface area contributed by atoms with E-state index in [0.717, 1.165) is 4.88 Å². The maximum absolute atomic E-state index is 12.4. The molecule has 1 aromatic carbocycles. The molecule has 0 radical (unpaired) electrons. The van der Waals surface area contributed by atoms with Gasteiger partial charge in [0.05, 0.1) is 17.0 Å². The Bertz CT molecular complexity index is 830. The highest BCUT2D eigenvalue weighted by Gasteiger charge is 2.39. The summed E-state index contributed by atoms with van der Waals surface area (Å²) in [5, 5.41) is 4.84. The number of carbonyl (C=O) groups excluding carboxylic acids is 1. The van der Waals surface area contributed by atoms with E-state index in [-0.39, 0.29) is 17.4 Å². The zero-order valence-corrected chi connectivity index (χ0v) is 15.0. The van der Waals surface area contributed by atoms with Crippen molar-refractivity contribution in [2.45, 2.75) is 25.5 Å². The topological polar surface area (TPSA) is 72.5 Å². The number of ether oxygens (including phenoxy) is 1. The number of carbonyl (C=O) groups is 1. The summed E-state index contributed by atoms with van der Waals surface area (Å²) in [5.41, 5.74) is -0.242. The van der Waals surface area contributed by atoms with Crippen LogP contribution in [0.2, 0.25) is 0 Å². The smallest absolute Gasteiger partial charge is 0.251 e. The van der Waals surface area contributed by atoms with Crippen LogP contribution >= 0.6 is 11.3 Å². The van der Waals surface area contributed by atoms with Crippen molar-refractivity contribution in [2.24, 2.45) is 0 Å². The lowest BCUT2D eigenvalue weighted by atomic mass is 10.0. The Hall–Kier alpha value is -1.86. The summed E-state index contributed by atoms with van der Waals surface area (Å²) in [6.07, 6.45) is 0.440. The zero-order chi connectivity index (χ0) is 17.2.